The molecule has 0 amide bonds. The Balaban J connectivity index is 1.76. The number of alkyl halides is 1. The van der Waals surface area contributed by atoms with Gasteiger partial charge in [0.15, 0.2) is 5.65 Å². The Morgan fingerprint density at radius 2 is 2.05 bits per heavy atom. The van der Waals surface area contributed by atoms with Crippen LogP contribution in [-0.2, 0) is 12.4 Å². The van der Waals surface area contributed by atoms with Crippen LogP contribution in [0.2, 0.25) is 0 Å². The van der Waals surface area contributed by atoms with Crippen molar-refractivity contribution in [3.05, 3.63) is 23.7 Å². The molecule has 0 N–H and O–H groups in total. The second-order valence-electron chi connectivity index (χ2n) is 5.90. The van der Waals surface area contributed by atoms with Crippen molar-refractivity contribution in [2.24, 2.45) is 5.92 Å². The van der Waals surface area contributed by atoms with E-state index < -0.39 is 0 Å². The van der Waals surface area contributed by atoms with Gasteiger partial charge in [-0.2, -0.15) is 0 Å². The molecule has 2 heterocycles. The van der Waals surface area contributed by atoms with Gasteiger partial charge in [0, 0.05) is 12.2 Å². The summed E-state index contributed by atoms with van der Waals surface area (Å²) in [5, 5.41) is 0. The van der Waals surface area contributed by atoms with Gasteiger partial charge < -0.3 is 4.57 Å². The fraction of sp³-hybridized carbons (Fsp3) is 0.625. The molecule has 0 spiro atoms. The maximum atomic E-state index is 6.04. The van der Waals surface area contributed by atoms with Gasteiger partial charge in [0.25, 0.3) is 0 Å². The number of hydrogen-bond donors (Lipinski definition) is 0. The van der Waals surface area contributed by atoms with Gasteiger partial charge in [-0.05, 0) is 37.8 Å². The van der Waals surface area contributed by atoms with Crippen molar-refractivity contribution in [1.82, 2.24) is 14.5 Å². The molecule has 108 valence electrons. The molecule has 0 atom stereocenters. The summed E-state index contributed by atoms with van der Waals surface area (Å²) in [6.07, 6.45) is 8.22. The average molecular weight is 292 g/mol. The Morgan fingerprint density at radius 3 is 2.80 bits per heavy atom. The van der Waals surface area contributed by atoms with Crippen LogP contribution in [0.5, 0.6) is 0 Å². The molecule has 0 radical (unpaired) electrons. The lowest BCUT2D eigenvalue weighted by Gasteiger charge is -2.10. The van der Waals surface area contributed by atoms with Crippen LogP contribution in [-0.4, -0.2) is 14.5 Å². The highest BCUT2D eigenvalue weighted by atomic mass is 35.5. The van der Waals surface area contributed by atoms with Crippen LogP contribution in [0.1, 0.15) is 50.0 Å². The maximum Gasteiger partial charge on any atom is 0.160 e. The molecule has 0 saturated heterocycles. The van der Waals surface area contributed by atoms with E-state index >= 15 is 0 Å². The minimum atomic E-state index is 0.457. The standard InChI is InChI=1S/C16H22ClN3/c1-12-8-9-14-16(18-12)20(15(11-17)19-14)10-4-7-13-5-2-3-6-13/h8-9,13H,2-7,10-11H2,1H3. The van der Waals surface area contributed by atoms with Crippen molar-refractivity contribution in [2.75, 3.05) is 0 Å². The monoisotopic (exact) mass is 291 g/mol. The van der Waals surface area contributed by atoms with Gasteiger partial charge in [-0.1, -0.05) is 25.7 Å². The van der Waals surface area contributed by atoms with Crippen LogP contribution in [0.4, 0.5) is 0 Å². The molecular weight excluding hydrogens is 270 g/mol. The van der Waals surface area contributed by atoms with Crippen LogP contribution in [0, 0.1) is 12.8 Å². The zero-order valence-electron chi connectivity index (χ0n) is 12.1. The Labute approximate surface area is 125 Å². The van der Waals surface area contributed by atoms with Crippen LogP contribution < -0.4 is 0 Å². The molecule has 3 rings (SSSR count). The molecule has 1 aliphatic carbocycles. The fourth-order valence-electron chi connectivity index (χ4n) is 3.32. The van der Waals surface area contributed by atoms with Crippen LogP contribution in [0.25, 0.3) is 11.2 Å². The van der Waals surface area contributed by atoms with Gasteiger partial charge in [-0.3, -0.25) is 0 Å². The van der Waals surface area contributed by atoms with E-state index in [1.165, 1.54) is 38.5 Å². The molecule has 2 aromatic rings. The Kier molecular flexibility index (Phi) is 4.25. The number of hydrogen-bond acceptors (Lipinski definition) is 2. The summed E-state index contributed by atoms with van der Waals surface area (Å²) in [6, 6.07) is 4.05. The smallest absolute Gasteiger partial charge is 0.160 e. The molecule has 1 saturated carbocycles. The lowest BCUT2D eigenvalue weighted by atomic mass is 10.0. The van der Waals surface area contributed by atoms with E-state index in [4.69, 9.17) is 11.6 Å². The Hall–Kier alpha value is -1.09. The van der Waals surface area contributed by atoms with Crippen LogP contribution >= 0.6 is 11.6 Å². The lowest BCUT2D eigenvalue weighted by molar-refractivity contribution is 0.458. The molecule has 0 aromatic carbocycles. The summed E-state index contributed by atoms with van der Waals surface area (Å²) in [6.45, 7) is 3.02. The summed E-state index contributed by atoms with van der Waals surface area (Å²) >= 11 is 6.04. The molecule has 20 heavy (non-hydrogen) atoms. The third-order valence-corrected chi connectivity index (χ3v) is 4.64. The third-order valence-electron chi connectivity index (χ3n) is 4.40. The highest BCUT2D eigenvalue weighted by molar-refractivity contribution is 6.16. The number of pyridine rings is 1. The third kappa shape index (κ3) is 2.83. The minimum Gasteiger partial charge on any atom is -0.312 e. The van der Waals surface area contributed by atoms with Crippen molar-refractivity contribution in [3.8, 4) is 0 Å². The summed E-state index contributed by atoms with van der Waals surface area (Å²) < 4.78 is 2.21. The normalized spacial score (nSPS) is 16.3. The van der Waals surface area contributed by atoms with Crippen molar-refractivity contribution in [1.29, 1.82) is 0 Å². The van der Waals surface area contributed by atoms with E-state index in [0.717, 1.165) is 35.1 Å². The summed E-state index contributed by atoms with van der Waals surface area (Å²) in [5.74, 6) is 2.35. The zero-order valence-corrected chi connectivity index (χ0v) is 12.9. The zero-order chi connectivity index (χ0) is 13.9. The number of aromatic nitrogens is 3. The number of imidazole rings is 1. The van der Waals surface area contributed by atoms with E-state index in [-0.39, 0.29) is 0 Å². The molecule has 2 aromatic heterocycles. The Morgan fingerprint density at radius 1 is 1.25 bits per heavy atom. The highest BCUT2D eigenvalue weighted by Gasteiger charge is 2.16. The first-order valence-corrected chi connectivity index (χ1v) is 8.20. The molecule has 4 heteroatoms. The van der Waals surface area contributed by atoms with Gasteiger partial charge in [-0.25, -0.2) is 9.97 Å². The quantitative estimate of drug-likeness (QED) is 0.762. The summed E-state index contributed by atoms with van der Waals surface area (Å²) in [5.41, 5.74) is 3.00. The van der Waals surface area contributed by atoms with E-state index in [1.54, 1.807) is 0 Å². The number of nitrogens with zero attached hydrogens (tertiary/aromatic N) is 3. The molecule has 0 bridgehead atoms. The van der Waals surface area contributed by atoms with Crippen molar-refractivity contribution >= 4 is 22.8 Å². The van der Waals surface area contributed by atoms with Gasteiger partial charge in [0.05, 0.1) is 5.88 Å². The van der Waals surface area contributed by atoms with Crippen molar-refractivity contribution in [3.63, 3.8) is 0 Å². The predicted octanol–water partition coefficient (Wildman–Crippen LogP) is 4.45. The summed E-state index contributed by atoms with van der Waals surface area (Å²) in [4.78, 5) is 9.23. The maximum absolute atomic E-state index is 6.04. The minimum absolute atomic E-state index is 0.457. The van der Waals surface area contributed by atoms with E-state index in [1.807, 2.05) is 19.1 Å². The molecule has 3 nitrogen and oxygen atoms in total. The SMILES string of the molecule is Cc1ccc2nc(CCl)n(CCCC3CCCC3)c2n1. The van der Waals surface area contributed by atoms with Crippen molar-refractivity contribution < 1.29 is 0 Å². The van der Waals surface area contributed by atoms with Gasteiger partial charge in [0.1, 0.15) is 11.3 Å². The first kappa shape index (κ1) is 13.9. The number of rotatable bonds is 5. The van der Waals surface area contributed by atoms with Crippen LogP contribution in [0.3, 0.4) is 0 Å². The van der Waals surface area contributed by atoms with E-state index in [0.29, 0.717) is 5.88 Å². The number of aryl methyl sites for hydroxylation is 2. The molecule has 0 unspecified atom stereocenters. The first-order valence-electron chi connectivity index (χ1n) is 7.66. The summed E-state index contributed by atoms with van der Waals surface area (Å²) in [7, 11) is 0. The van der Waals surface area contributed by atoms with Gasteiger partial charge in [-0.15, -0.1) is 11.6 Å². The molecular formula is C16H22ClN3. The predicted molar refractivity (Wildman–Crippen MR) is 83.0 cm³/mol. The second kappa shape index (κ2) is 6.13. The average Bonchev–Trinajstić information content (AvgIpc) is 3.07. The number of fused-ring (bicyclic) bond motifs is 1. The van der Waals surface area contributed by atoms with E-state index in [2.05, 4.69) is 14.5 Å². The van der Waals surface area contributed by atoms with Gasteiger partial charge in [0.2, 0.25) is 0 Å². The molecule has 1 aliphatic rings. The topological polar surface area (TPSA) is 30.7 Å². The fourth-order valence-corrected chi connectivity index (χ4v) is 3.52. The first-order chi connectivity index (χ1) is 9.78. The second-order valence-corrected chi connectivity index (χ2v) is 6.17. The highest BCUT2D eigenvalue weighted by Crippen LogP contribution is 2.29. The molecule has 1 fully saturated rings. The molecule has 0 aliphatic heterocycles. The van der Waals surface area contributed by atoms with Gasteiger partial charge >= 0.3 is 0 Å². The largest absolute Gasteiger partial charge is 0.312 e. The number of halogens is 1. The van der Waals surface area contributed by atoms with Crippen LogP contribution in [0.15, 0.2) is 12.1 Å². The Bertz CT molecular complexity index is 585. The van der Waals surface area contributed by atoms with E-state index in [9.17, 15) is 0 Å². The van der Waals surface area contributed by atoms with Crippen molar-refractivity contribution in [2.45, 2.75) is 57.9 Å². The lowest BCUT2D eigenvalue weighted by Crippen LogP contribution is -2.05.